The van der Waals surface area contributed by atoms with Crippen molar-refractivity contribution >= 4 is 21.8 Å². The third-order valence-corrected chi connectivity index (χ3v) is 2.05. The first-order valence-electron chi connectivity index (χ1n) is 4.85. The Labute approximate surface area is 89.6 Å². The number of hydrogen-bond donors (Lipinski definition) is 1. The lowest BCUT2D eigenvalue weighted by Crippen LogP contribution is -2.34. The fraction of sp³-hybridized carbons (Fsp3) is 0.900. The number of hydrogen-bond acceptors (Lipinski definition) is 1. The summed E-state index contributed by atoms with van der Waals surface area (Å²) in [6, 6.07) is 0.264. The van der Waals surface area contributed by atoms with Gasteiger partial charge in [-0.1, -0.05) is 36.7 Å². The van der Waals surface area contributed by atoms with E-state index in [0.717, 1.165) is 6.42 Å². The predicted octanol–water partition coefficient (Wildman–Crippen LogP) is 2.71. The maximum absolute atomic E-state index is 11.3. The zero-order valence-electron chi connectivity index (χ0n) is 8.93. The van der Waals surface area contributed by atoms with Crippen LogP contribution in [0.3, 0.4) is 0 Å². The van der Waals surface area contributed by atoms with Crippen LogP contribution in [-0.2, 0) is 4.79 Å². The van der Waals surface area contributed by atoms with E-state index < -0.39 is 0 Å². The number of alkyl halides is 1. The average molecular weight is 250 g/mol. The first kappa shape index (κ1) is 12.9. The topological polar surface area (TPSA) is 29.1 Å². The molecular formula is C10H20BrNO. The molecule has 0 radical (unpaired) electrons. The summed E-state index contributed by atoms with van der Waals surface area (Å²) in [6.45, 7) is 8.23. The van der Waals surface area contributed by atoms with E-state index in [1.807, 2.05) is 6.92 Å². The Kier molecular flexibility index (Phi) is 6.39. The van der Waals surface area contributed by atoms with Crippen LogP contribution in [0, 0.1) is 5.92 Å². The second-order valence-corrected chi connectivity index (χ2v) is 5.65. The molecule has 0 aromatic carbocycles. The number of carbonyl (C=O) groups excluding carboxylic acids is 1. The molecule has 13 heavy (non-hydrogen) atoms. The van der Waals surface area contributed by atoms with E-state index in [1.54, 1.807) is 0 Å². The van der Waals surface area contributed by atoms with Gasteiger partial charge in [0.15, 0.2) is 0 Å². The minimum Gasteiger partial charge on any atom is -0.354 e. The highest BCUT2D eigenvalue weighted by molar-refractivity contribution is 9.09. The van der Waals surface area contributed by atoms with Crippen LogP contribution in [0.1, 0.15) is 40.5 Å². The lowest BCUT2D eigenvalue weighted by molar-refractivity contribution is -0.122. The zero-order valence-corrected chi connectivity index (χ0v) is 10.5. The Morgan fingerprint density at radius 3 is 2.23 bits per heavy atom. The first-order chi connectivity index (χ1) is 5.91. The summed E-state index contributed by atoms with van der Waals surface area (Å²) in [4.78, 5) is 11.8. The van der Waals surface area contributed by atoms with Gasteiger partial charge < -0.3 is 5.32 Å². The number of rotatable bonds is 5. The molecule has 2 unspecified atom stereocenters. The summed E-state index contributed by atoms with van der Waals surface area (Å²) in [5.41, 5.74) is 0. The highest BCUT2D eigenvalue weighted by atomic mass is 79.9. The second-order valence-electron chi connectivity index (χ2n) is 4.08. The molecule has 0 aromatic rings. The van der Waals surface area contributed by atoms with Gasteiger partial charge in [0.1, 0.15) is 0 Å². The molecule has 0 fully saturated rings. The average Bonchev–Trinajstić information content (AvgIpc) is 1.80. The van der Waals surface area contributed by atoms with Crippen molar-refractivity contribution < 1.29 is 4.79 Å². The third-order valence-electron chi connectivity index (χ3n) is 1.68. The first-order valence-corrected chi connectivity index (χ1v) is 5.76. The van der Waals surface area contributed by atoms with E-state index in [9.17, 15) is 4.79 Å². The van der Waals surface area contributed by atoms with Crippen LogP contribution in [0.5, 0.6) is 0 Å². The number of amides is 1. The summed E-state index contributed by atoms with van der Waals surface area (Å²) in [6.07, 6.45) is 1.60. The molecule has 0 aromatic heterocycles. The fourth-order valence-corrected chi connectivity index (χ4v) is 1.81. The van der Waals surface area contributed by atoms with Crippen LogP contribution in [-0.4, -0.2) is 16.8 Å². The largest absolute Gasteiger partial charge is 0.354 e. The molecule has 1 amide bonds. The highest BCUT2D eigenvalue weighted by Gasteiger charge is 2.10. The lowest BCUT2D eigenvalue weighted by atomic mass is 10.1. The van der Waals surface area contributed by atoms with E-state index in [1.165, 1.54) is 0 Å². The van der Waals surface area contributed by atoms with Gasteiger partial charge in [0, 0.05) is 17.3 Å². The highest BCUT2D eigenvalue weighted by Crippen LogP contribution is 2.07. The molecule has 0 aliphatic rings. The van der Waals surface area contributed by atoms with Gasteiger partial charge in [-0.2, -0.15) is 0 Å². The number of halogens is 1. The van der Waals surface area contributed by atoms with Crippen molar-refractivity contribution in [3.05, 3.63) is 0 Å². The van der Waals surface area contributed by atoms with Crippen LogP contribution >= 0.6 is 15.9 Å². The van der Waals surface area contributed by atoms with Gasteiger partial charge >= 0.3 is 0 Å². The van der Waals surface area contributed by atoms with Gasteiger partial charge in [0.05, 0.1) is 0 Å². The normalized spacial score (nSPS) is 15.5. The third kappa shape index (κ3) is 8.28. The Morgan fingerprint density at radius 1 is 1.31 bits per heavy atom. The Morgan fingerprint density at radius 2 is 1.85 bits per heavy atom. The molecule has 0 heterocycles. The standard InChI is InChI=1S/C10H20BrNO/c1-7(2)5-10(13)12-9(4)6-8(3)11/h7-9H,5-6H2,1-4H3,(H,12,13). The van der Waals surface area contributed by atoms with Gasteiger partial charge in [-0.25, -0.2) is 0 Å². The molecule has 0 spiro atoms. The van der Waals surface area contributed by atoms with E-state index in [2.05, 4.69) is 42.0 Å². The lowest BCUT2D eigenvalue weighted by Gasteiger charge is -2.15. The van der Waals surface area contributed by atoms with Crippen LogP contribution in [0.15, 0.2) is 0 Å². The monoisotopic (exact) mass is 249 g/mol. The molecule has 0 saturated carbocycles. The van der Waals surface area contributed by atoms with E-state index in [0.29, 0.717) is 17.2 Å². The molecule has 2 atom stereocenters. The van der Waals surface area contributed by atoms with Gasteiger partial charge in [0.25, 0.3) is 0 Å². The summed E-state index contributed by atoms with van der Waals surface area (Å²) in [5, 5.41) is 2.97. The zero-order chi connectivity index (χ0) is 10.4. The molecule has 78 valence electrons. The summed E-state index contributed by atoms with van der Waals surface area (Å²) in [5.74, 6) is 0.601. The molecule has 0 saturated heterocycles. The van der Waals surface area contributed by atoms with Gasteiger partial charge in [-0.3, -0.25) is 4.79 Å². The van der Waals surface area contributed by atoms with Crippen molar-refractivity contribution in [3.8, 4) is 0 Å². The molecule has 0 aliphatic carbocycles. The predicted molar refractivity (Wildman–Crippen MR) is 60.1 cm³/mol. The number of carbonyl (C=O) groups is 1. The smallest absolute Gasteiger partial charge is 0.220 e. The SMILES string of the molecule is CC(C)CC(=O)NC(C)CC(C)Br. The van der Waals surface area contributed by atoms with E-state index >= 15 is 0 Å². The van der Waals surface area contributed by atoms with E-state index in [-0.39, 0.29) is 11.9 Å². The second kappa shape index (κ2) is 6.41. The van der Waals surface area contributed by atoms with Crippen molar-refractivity contribution in [1.82, 2.24) is 5.32 Å². The quantitative estimate of drug-likeness (QED) is 0.747. The van der Waals surface area contributed by atoms with Crippen LogP contribution in [0.25, 0.3) is 0 Å². The Bertz CT molecular complexity index is 157. The molecule has 3 heteroatoms. The van der Waals surface area contributed by atoms with Crippen molar-refractivity contribution in [2.24, 2.45) is 5.92 Å². The van der Waals surface area contributed by atoms with Crippen molar-refractivity contribution in [3.63, 3.8) is 0 Å². The Hall–Kier alpha value is -0.0500. The molecule has 2 nitrogen and oxygen atoms in total. The van der Waals surface area contributed by atoms with E-state index in [4.69, 9.17) is 0 Å². The molecule has 0 bridgehead atoms. The fourth-order valence-electron chi connectivity index (χ4n) is 1.25. The van der Waals surface area contributed by atoms with Gasteiger partial charge in [-0.15, -0.1) is 0 Å². The Balaban J connectivity index is 3.65. The van der Waals surface area contributed by atoms with Crippen LogP contribution in [0.4, 0.5) is 0 Å². The molecular weight excluding hydrogens is 230 g/mol. The minimum atomic E-state index is 0.163. The summed E-state index contributed by atoms with van der Waals surface area (Å²) < 4.78 is 0. The van der Waals surface area contributed by atoms with Crippen molar-refractivity contribution in [2.45, 2.75) is 51.4 Å². The molecule has 0 rings (SSSR count). The maximum Gasteiger partial charge on any atom is 0.220 e. The minimum absolute atomic E-state index is 0.163. The van der Waals surface area contributed by atoms with Crippen molar-refractivity contribution in [1.29, 1.82) is 0 Å². The molecule has 0 aliphatic heterocycles. The molecule has 1 N–H and O–H groups in total. The van der Waals surface area contributed by atoms with Gasteiger partial charge in [0.2, 0.25) is 5.91 Å². The summed E-state index contributed by atoms with van der Waals surface area (Å²) in [7, 11) is 0. The van der Waals surface area contributed by atoms with Crippen LogP contribution < -0.4 is 5.32 Å². The van der Waals surface area contributed by atoms with Gasteiger partial charge in [-0.05, 0) is 19.3 Å². The van der Waals surface area contributed by atoms with Crippen LogP contribution in [0.2, 0.25) is 0 Å². The maximum atomic E-state index is 11.3. The summed E-state index contributed by atoms with van der Waals surface area (Å²) >= 11 is 3.46. The van der Waals surface area contributed by atoms with Crippen molar-refractivity contribution in [2.75, 3.05) is 0 Å². The number of nitrogens with one attached hydrogen (secondary N) is 1.